The third-order valence-electron chi connectivity index (χ3n) is 5.62. The minimum Gasteiger partial charge on any atom is -0.494 e. The minimum absolute atomic E-state index is 0.145. The largest absolute Gasteiger partial charge is 0.494 e. The number of fused-ring (bicyclic) bond motifs is 3. The molecule has 0 aliphatic heterocycles. The maximum atomic E-state index is 14.5. The van der Waals surface area contributed by atoms with Crippen LogP contribution in [0.15, 0.2) is 83.8 Å². The molecule has 0 radical (unpaired) electrons. The van der Waals surface area contributed by atoms with Crippen molar-refractivity contribution < 1.29 is 9.13 Å². The Hall–Kier alpha value is -4.30. The van der Waals surface area contributed by atoms with Crippen LogP contribution in [-0.2, 0) is 0 Å². The molecule has 0 N–H and O–H groups in total. The van der Waals surface area contributed by atoms with E-state index in [1.165, 1.54) is 24.5 Å². The Morgan fingerprint density at radius 1 is 1.03 bits per heavy atom. The van der Waals surface area contributed by atoms with E-state index in [-0.39, 0.29) is 11.3 Å². The zero-order chi connectivity index (χ0) is 23.2. The van der Waals surface area contributed by atoms with Gasteiger partial charge >= 0.3 is 0 Å². The summed E-state index contributed by atoms with van der Waals surface area (Å²) in [5, 5.41) is 4.72. The molecular weight excluding hydrogens is 451 g/mol. The monoisotopic (exact) mass is 468 g/mol. The van der Waals surface area contributed by atoms with Crippen molar-refractivity contribution in [3.63, 3.8) is 0 Å². The lowest BCUT2D eigenvalue weighted by molar-refractivity contribution is 0.386. The quantitative estimate of drug-likeness (QED) is 0.383. The van der Waals surface area contributed by atoms with Gasteiger partial charge in [-0.1, -0.05) is 41.7 Å². The van der Waals surface area contributed by atoms with E-state index in [1.54, 1.807) is 27.3 Å². The summed E-state index contributed by atoms with van der Waals surface area (Å²) in [7, 11) is 1.42. The lowest BCUT2D eigenvalue weighted by atomic mass is 10.1. The Labute approximate surface area is 196 Å². The molecule has 0 atom stereocenters. The van der Waals surface area contributed by atoms with E-state index in [1.807, 2.05) is 60.8 Å². The van der Waals surface area contributed by atoms with Crippen LogP contribution in [-0.4, -0.2) is 26.3 Å². The van der Waals surface area contributed by atoms with Crippen molar-refractivity contribution in [2.75, 3.05) is 7.11 Å². The molecule has 0 aliphatic rings. The predicted octanol–water partition coefficient (Wildman–Crippen LogP) is 4.46. The van der Waals surface area contributed by atoms with Gasteiger partial charge in [0.1, 0.15) is 5.69 Å². The second-order valence-corrected chi connectivity index (χ2v) is 8.71. The van der Waals surface area contributed by atoms with E-state index in [0.29, 0.717) is 26.3 Å². The number of hydrogen-bond acceptors (Lipinski definition) is 5. The van der Waals surface area contributed by atoms with Crippen LogP contribution in [0.3, 0.4) is 0 Å². The Bertz CT molecular complexity index is 1790. The fourth-order valence-corrected chi connectivity index (χ4v) is 4.97. The number of para-hydroxylation sites is 3. The number of hydrogen-bond donors (Lipinski definition) is 0. The van der Waals surface area contributed by atoms with E-state index in [2.05, 4.69) is 4.98 Å². The molecule has 0 fully saturated rings. The first-order valence-corrected chi connectivity index (χ1v) is 11.3. The van der Waals surface area contributed by atoms with Crippen molar-refractivity contribution >= 4 is 33.4 Å². The van der Waals surface area contributed by atoms with Gasteiger partial charge in [0.25, 0.3) is 5.56 Å². The van der Waals surface area contributed by atoms with Crippen LogP contribution in [0.2, 0.25) is 0 Å². The van der Waals surface area contributed by atoms with Gasteiger partial charge in [-0.3, -0.25) is 4.79 Å². The van der Waals surface area contributed by atoms with Crippen LogP contribution in [0.25, 0.3) is 39.0 Å². The van der Waals surface area contributed by atoms with Gasteiger partial charge in [0, 0.05) is 17.3 Å². The van der Waals surface area contributed by atoms with Crippen molar-refractivity contribution in [1.82, 2.24) is 19.2 Å². The molecule has 34 heavy (non-hydrogen) atoms. The molecular formula is C26H17FN4O2S. The van der Waals surface area contributed by atoms with E-state index >= 15 is 0 Å². The Morgan fingerprint density at radius 2 is 1.82 bits per heavy atom. The number of thiazole rings is 1. The number of ether oxygens (including phenoxy) is 1. The highest BCUT2D eigenvalue weighted by molar-refractivity contribution is 7.15. The molecule has 6 nitrogen and oxygen atoms in total. The highest BCUT2D eigenvalue weighted by atomic mass is 32.1. The van der Waals surface area contributed by atoms with E-state index < -0.39 is 5.82 Å². The zero-order valence-corrected chi connectivity index (χ0v) is 18.8. The van der Waals surface area contributed by atoms with Crippen molar-refractivity contribution in [2.24, 2.45) is 0 Å². The normalized spacial score (nSPS) is 12.1. The fraction of sp³-hybridized carbons (Fsp3) is 0.0385. The van der Waals surface area contributed by atoms with Gasteiger partial charge in [-0.05, 0) is 48.5 Å². The van der Waals surface area contributed by atoms with Crippen LogP contribution >= 0.6 is 11.3 Å². The van der Waals surface area contributed by atoms with Gasteiger partial charge in [-0.25, -0.2) is 18.5 Å². The standard InChI is InChI=1S/C26H17FN4O2S/c1-33-22-12-11-16(13-19(22)27)24-17(15-30(29-24)18-7-3-2-4-8-18)14-23-25(32)31-21-10-6-5-9-20(21)28-26(31)34-23/h2-15H,1H3/b23-14-. The SMILES string of the molecule is COc1ccc(-c2nn(-c3ccccc3)cc2/C=c2\sc3nc4ccccc4n3c2=O)cc1F. The number of aromatic nitrogens is 4. The van der Waals surface area contributed by atoms with Crippen LogP contribution in [0.5, 0.6) is 5.75 Å². The van der Waals surface area contributed by atoms with Gasteiger partial charge in [-0.2, -0.15) is 5.10 Å². The molecule has 0 unspecified atom stereocenters. The van der Waals surface area contributed by atoms with Gasteiger partial charge < -0.3 is 4.74 Å². The predicted molar refractivity (Wildman–Crippen MR) is 131 cm³/mol. The van der Waals surface area contributed by atoms with Crippen molar-refractivity contribution in [1.29, 1.82) is 0 Å². The summed E-state index contributed by atoms with van der Waals surface area (Å²) in [4.78, 5) is 18.5. The third-order valence-corrected chi connectivity index (χ3v) is 6.59. The van der Waals surface area contributed by atoms with Gasteiger partial charge in [0.2, 0.25) is 0 Å². The molecule has 3 aromatic heterocycles. The number of benzene rings is 3. The van der Waals surface area contributed by atoms with Crippen molar-refractivity contribution in [3.8, 4) is 22.7 Å². The van der Waals surface area contributed by atoms with Crippen molar-refractivity contribution in [2.45, 2.75) is 0 Å². The summed E-state index contributed by atoms with van der Waals surface area (Å²) in [5.41, 5.74) is 4.10. The zero-order valence-electron chi connectivity index (χ0n) is 18.0. The number of nitrogens with zero attached hydrogens (tertiary/aromatic N) is 4. The molecule has 0 spiro atoms. The average molecular weight is 469 g/mol. The van der Waals surface area contributed by atoms with Gasteiger partial charge in [0.05, 0.1) is 28.4 Å². The summed E-state index contributed by atoms with van der Waals surface area (Å²) in [6, 6.07) is 21.9. The lowest BCUT2D eigenvalue weighted by Crippen LogP contribution is -2.22. The van der Waals surface area contributed by atoms with Gasteiger partial charge in [-0.15, -0.1) is 0 Å². The summed E-state index contributed by atoms with van der Waals surface area (Å²) in [5.74, 6) is -0.323. The average Bonchev–Trinajstić information content (AvgIpc) is 3.53. The number of methoxy groups -OCH3 is 1. The lowest BCUT2D eigenvalue weighted by Gasteiger charge is -2.04. The summed E-state index contributed by atoms with van der Waals surface area (Å²) >= 11 is 1.32. The molecule has 3 heterocycles. The van der Waals surface area contributed by atoms with Crippen LogP contribution < -0.4 is 14.8 Å². The highest BCUT2D eigenvalue weighted by Crippen LogP contribution is 2.28. The fourth-order valence-electron chi connectivity index (χ4n) is 4.00. The second-order valence-electron chi connectivity index (χ2n) is 7.70. The molecule has 0 amide bonds. The smallest absolute Gasteiger partial charge is 0.274 e. The van der Waals surface area contributed by atoms with Gasteiger partial charge in [0.15, 0.2) is 16.5 Å². The minimum atomic E-state index is -0.481. The molecule has 6 rings (SSSR count). The summed E-state index contributed by atoms with van der Waals surface area (Å²) in [6.45, 7) is 0. The molecule has 166 valence electrons. The Kier molecular flexibility index (Phi) is 4.74. The summed E-state index contributed by atoms with van der Waals surface area (Å²) < 4.78 is 23.4. The second kappa shape index (κ2) is 7.93. The Balaban J connectivity index is 1.58. The number of halogens is 1. The molecule has 0 saturated heterocycles. The number of imidazole rings is 1. The maximum Gasteiger partial charge on any atom is 0.274 e. The first-order valence-electron chi connectivity index (χ1n) is 10.5. The molecule has 0 bridgehead atoms. The third kappa shape index (κ3) is 3.27. The van der Waals surface area contributed by atoms with E-state index in [4.69, 9.17) is 9.84 Å². The first-order chi connectivity index (χ1) is 16.6. The van der Waals surface area contributed by atoms with Crippen molar-refractivity contribution in [3.05, 3.63) is 105 Å². The summed E-state index contributed by atoms with van der Waals surface area (Å²) in [6.07, 6.45) is 3.63. The topological polar surface area (TPSA) is 61.4 Å². The molecule has 0 aliphatic carbocycles. The van der Waals surface area contributed by atoms with E-state index in [0.717, 1.165) is 16.7 Å². The van der Waals surface area contributed by atoms with Crippen LogP contribution in [0.1, 0.15) is 5.56 Å². The first kappa shape index (κ1) is 20.3. The Morgan fingerprint density at radius 3 is 2.62 bits per heavy atom. The molecule has 8 heteroatoms. The van der Waals surface area contributed by atoms with Crippen LogP contribution in [0.4, 0.5) is 4.39 Å². The van der Waals surface area contributed by atoms with E-state index in [9.17, 15) is 9.18 Å². The molecule has 3 aromatic carbocycles. The molecule has 0 saturated carbocycles. The highest BCUT2D eigenvalue weighted by Gasteiger charge is 2.16. The van der Waals surface area contributed by atoms with Crippen LogP contribution in [0, 0.1) is 5.82 Å². The number of rotatable bonds is 4. The molecule has 6 aromatic rings. The maximum absolute atomic E-state index is 14.5.